The maximum absolute atomic E-state index is 13.3. The molecule has 0 amide bonds. The normalized spacial score (nSPS) is 11.2. The molecular weight excluding hydrogens is 318 g/mol. The number of halogens is 2. The molecule has 0 fully saturated rings. The van der Waals surface area contributed by atoms with Crippen LogP contribution < -0.4 is 0 Å². The Kier molecular flexibility index (Phi) is 3.34. The van der Waals surface area contributed by atoms with Gasteiger partial charge in [-0.25, -0.2) is 8.78 Å². The lowest BCUT2D eigenvalue weighted by Gasteiger charge is -1.98. The highest BCUT2D eigenvalue weighted by Crippen LogP contribution is 2.26. The van der Waals surface area contributed by atoms with Gasteiger partial charge in [-0.1, -0.05) is 35.6 Å². The standard InChI is InChI=1S/C16H10F2N4S/c17-12-6-4-10(5-7-12)8-14-19-20-16-22(14)21-15(23-16)11-2-1-3-13(18)9-11/h1-7,9H,8H2. The van der Waals surface area contributed by atoms with Crippen molar-refractivity contribution >= 4 is 16.3 Å². The molecule has 7 heteroatoms. The van der Waals surface area contributed by atoms with Crippen molar-refractivity contribution in [1.29, 1.82) is 0 Å². The van der Waals surface area contributed by atoms with Crippen molar-refractivity contribution in [2.45, 2.75) is 6.42 Å². The maximum Gasteiger partial charge on any atom is 0.234 e. The third-order valence-corrected chi connectivity index (χ3v) is 4.35. The van der Waals surface area contributed by atoms with Gasteiger partial charge in [-0.05, 0) is 29.8 Å². The SMILES string of the molecule is Fc1ccc(Cc2nnc3sc(-c4cccc(F)c4)nn23)cc1. The van der Waals surface area contributed by atoms with Gasteiger partial charge in [0, 0.05) is 12.0 Å². The molecule has 0 atom stereocenters. The summed E-state index contributed by atoms with van der Waals surface area (Å²) in [7, 11) is 0. The Hall–Kier alpha value is -2.67. The molecule has 114 valence electrons. The smallest absolute Gasteiger partial charge is 0.207 e. The van der Waals surface area contributed by atoms with Crippen molar-refractivity contribution in [2.24, 2.45) is 0 Å². The van der Waals surface area contributed by atoms with Crippen molar-refractivity contribution in [2.75, 3.05) is 0 Å². The van der Waals surface area contributed by atoms with Crippen LogP contribution in [0.1, 0.15) is 11.4 Å². The number of hydrogen-bond donors (Lipinski definition) is 0. The molecule has 0 saturated heterocycles. The molecule has 2 aromatic heterocycles. The van der Waals surface area contributed by atoms with Crippen LogP contribution >= 0.6 is 11.3 Å². The molecule has 0 aliphatic carbocycles. The van der Waals surface area contributed by atoms with E-state index in [1.54, 1.807) is 28.8 Å². The molecule has 23 heavy (non-hydrogen) atoms. The zero-order chi connectivity index (χ0) is 15.8. The topological polar surface area (TPSA) is 43.1 Å². The Morgan fingerprint density at radius 1 is 0.957 bits per heavy atom. The Balaban J connectivity index is 1.70. The van der Waals surface area contributed by atoms with Crippen LogP contribution in [0.25, 0.3) is 15.5 Å². The molecule has 0 bridgehead atoms. The third kappa shape index (κ3) is 2.70. The number of rotatable bonds is 3. The predicted molar refractivity (Wildman–Crippen MR) is 83.3 cm³/mol. The summed E-state index contributed by atoms with van der Waals surface area (Å²) < 4.78 is 28.0. The van der Waals surface area contributed by atoms with Gasteiger partial charge in [0.1, 0.15) is 16.6 Å². The number of benzene rings is 2. The van der Waals surface area contributed by atoms with Crippen molar-refractivity contribution in [3.8, 4) is 10.6 Å². The molecule has 2 aromatic carbocycles. The minimum atomic E-state index is -0.306. The molecule has 4 rings (SSSR count). The van der Waals surface area contributed by atoms with E-state index in [9.17, 15) is 8.78 Å². The van der Waals surface area contributed by atoms with E-state index < -0.39 is 0 Å². The largest absolute Gasteiger partial charge is 0.234 e. The molecule has 4 aromatic rings. The highest BCUT2D eigenvalue weighted by atomic mass is 32.1. The van der Waals surface area contributed by atoms with Crippen molar-refractivity contribution in [1.82, 2.24) is 19.8 Å². The van der Waals surface area contributed by atoms with E-state index in [1.165, 1.54) is 35.6 Å². The van der Waals surface area contributed by atoms with Gasteiger partial charge in [-0.3, -0.25) is 0 Å². The average Bonchev–Trinajstić information content (AvgIpc) is 3.11. The summed E-state index contributed by atoms with van der Waals surface area (Å²) in [6.07, 6.45) is 0.494. The Morgan fingerprint density at radius 2 is 1.78 bits per heavy atom. The van der Waals surface area contributed by atoms with Crippen molar-refractivity contribution < 1.29 is 8.78 Å². The van der Waals surface area contributed by atoms with Crippen LogP contribution in [-0.2, 0) is 6.42 Å². The van der Waals surface area contributed by atoms with Crippen LogP contribution in [-0.4, -0.2) is 19.8 Å². The summed E-state index contributed by atoms with van der Waals surface area (Å²) in [6.45, 7) is 0. The van der Waals surface area contributed by atoms with Gasteiger partial charge < -0.3 is 0 Å². The minimum absolute atomic E-state index is 0.276. The van der Waals surface area contributed by atoms with E-state index in [4.69, 9.17) is 0 Å². The summed E-state index contributed by atoms with van der Waals surface area (Å²) in [4.78, 5) is 0.640. The number of hydrogen-bond acceptors (Lipinski definition) is 4. The molecule has 4 nitrogen and oxygen atoms in total. The summed E-state index contributed by atoms with van der Waals surface area (Å²) in [6, 6.07) is 12.5. The average molecular weight is 328 g/mol. The lowest BCUT2D eigenvalue weighted by atomic mass is 10.1. The zero-order valence-electron chi connectivity index (χ0n) is 11.8. The number of fused-ring (bicyclic) bond motifs is 1. The van der Waals surface area contributed by atoms with E-state index in [2.05, 4.69) is 15.3 Å². The molecule has 2 heterocycles. The molecule has 0 radical (unpaired) electrons. The first-order valence-electron chi connectivity index (χ1n) is 6.90. The number of nitrogens with zero attached hydrogens (tertiary/aromatic N) is 4. The monoisotopic (exact) mass is 328 g/mol. The van der Waals surface area contributed by atoms with Gasteiger partial charge in [0.05, 0.1) is 0 Å². The zero-order valence-corrected chi connectivity index (χ0v) is 12.6. The van der Waals surface area contributed by atoms with E-state index in [1.807, 2.05) is 0 Å². The van der Waals surface area contributed by atoms with E-state index in [0.29, 0.717) is 27.8 Å². The fraction of sp³-hybridized carbons (Fsp3) is 0.0625. The first-order chi connectivity index (χ1) is 11.2. The first-order valence-corrected chi connectivity index (χ1v) is 7.72. The third-order valence-electron chi connectivity index (χ3n) is 3.40. The van der Waals surface area contributed by atoms with E-state index in [0.717, 1.165) is 5.56 Å². The summed E-state index contributed by atoms with van der Waals surface area (Å²) in [5.41, 5.74) is 1.62. The van der Waals surface area contributed by atoms with Crippen LogP contribution in [0.3, 0.4) is 0 Å². The lowest BCUT2D eigenvalue weighted by Crippen LogP contribution is -1.97. The Morgan fingerprint density at radius 3 is 2.57 bits per heavy atom. The molecular formula is C16H10F2N4S. The summed E-state index contributed by atoms with van der Waals surface area (Å²) in [5, 5.41) is 13.4. The molecule has 0 spiro atoms. The Bertz CT molecular complexity index is 975. The van der Waals surface area contributed by atoms with Crippen LogP contribution in [0, 0.1) is 11.6 Å². The second kappa shape index (κ2) is 5.51. The highest BCUT2D eigenvalue weighted by Gasteiger charge is 2.13. The van der Waals surface area contributed by atoms with Gasteiger partial charge in [0.15, 0.2) is 5.82 Å². The molecule has 0 aliphatic rings. The van der Waals surface area contributed by atoms with Crippen LogP contribution in [0.2, 0.25) is 0 Å². The molecule has 0 aliphatic heterocycles. The van der Waals surface area contributed by atoms with E-state index in [-0.39, 0.29) is 11.6 Å². The molecule has 0 saturated carbocycles. The van der Waals surface area contributed by atoms with Gasteiger partial charge in [-0.15, -0.1) is 10.2 Å². The molecule has 0 unspecified atom stereocenters. The van der Waals surface area contributed by atoms with E-state index >= 15 is 0 Å². The fourth-order valence-electron chi connectivity index (χ4n) is 2.29. The van der Waals surface area contributed by atoms with Crippen LogP contribution in [0.5, 0.6) is 0 Å². The van der Waals surface area contributed by atoms with Gasteiger partial charge >= 0.3 is 0 Å². The maximum atomic E-state index is 13.3. The quantitative estimate of drug-likeness (QED) is 0.576. The van der Waals surface area contributed by atoms with Crippen LogP contribution in [0.4, 0.5) is 8.78 Å². The second-order valence-electron chi connectivity index (χ2n) is 5.03. The van der Waals surface area contributed by atoms with Crippen molar-refractivity contribution in [3.63, 3.8) is 0 Å². The Labute approximate surface area is 134 Å². The predicted octanol–water partition coefficient (Wildman–Crippen LogP) is 3.72. The van der Waals surface area contributed by atoms with Gasteiger partial charge in [0.25, 0.3) is 0 Å². The summed E-state index contributed by atoms with van der Waals surface area (Å²) >= 11 is 1.34. The van der Waals surface area contributed by atoms with Crippen molar-refractivity contribution in [3.05, 3.63) is 71.6 Å². The second-order valence-corrected chi connectivity index (χ2v) is 5.99. The van der Waals surface area contributed by atoms with Gasteiger partial charge in [0.2, 0.25) is 4.96 Å². The minimum Gasteiger partial charge on any atom is -0.207 e. The highest BCUT2D eigenvalue weighted by molar-refractivity contribution is 7.19. The lowest BCUT2D eigenvalue weighted by molar-refractivity contribution is 0.627. The number of aromatic nitrogens is 4. The van der Waals surface area contributed by atoms with Gasteiger partial charge in [-0.2, -0.15) is 9.61 Å². The molecule has 0 N–H and O–H groups in total. The first kappa shape index (κ1) is 14.0. The fourth-order valence-corrected chi connectivity index (χ4v) is 3.15. The van der Waals surface area contributed by atoms with Crippen LogP contribution in [0.15, 0.2) is 48.5 Å². The summed E-state index contributed by atoms with van der Waals surface area (Å²) in [5.74, 6) is 0.0766.